The van der Waals surface area contributed by atoms with Gasteiger partial charge < -0.3 is 10.1 Å². The number of nitrogens with one attached hydrogen (secondary N) is 1. The molecule has 0 radical (unpaired) electrons. The van der Waals surface area contributed by atoms with Crippen LogP contribution in [0.25, 0.3) is 0 Å². The van der Waals surface area contributed by atoms with Gasteiger partial charge in [0.2, 0.25) is 0 Å². The van der Waals surface area contributed by atoms with E-state index < -0.39 is 0 Å². The number of likely N-dealkylation sites (tertiary alicyclic amines) is 1. The predicted molar refractivity (Wildman–Crippen MR) is 93.3 cm³/mol. The van der Waals surface area contributed by atoms with Gasteiger partial charge in [-0.1, -0.05) is 30.3 Å². The second kappa shape index (κ2) is 7.33. The average Bonchev–Trinajstić information content (AvgIpc) is 3.27. The molecule has 1 aromatic rings. The van der Waals surface area contributed by atoms with Gasteiger partial charge in [0.25, 0.3) is 0 Å². The highest BCUT2D eigenvalue weighted by molar-refractivity contribution is 5.15. The van der Waals surface area contributed by atoms with Crippen LogP contribution >= 0.6 is 0 Å². The molecule has 1 aliphatic carbocycles. The van der Waals surface area contributed by atoms with Crippen molar-refractivity contribution < 1.29 is 4.74 Å². The van der Waals surface area contributed by atoms with E-state index in [0.29, 0.717) is 6.10 Å². The lowest BCUT2D eigenvalue weighted by molar-refractivity contribution is 0.103. The first-order chi connectivity index (χ1) is 11.4. The van der Waals surface area contributed by atoms with Crippen molar-refractivity contribution in [2.24, 2.45) is 11.8 Å². The molecule has 3 heteroatoms. The fraction of sp³-hybridized carbons (Fsp3) is 0.700. The van der Waals surface area contributed by atoms with Crippen molar-refractivity contribution in [1.29, 1.82) is 0 Å². The van der Waals surface area contributed by atoms with Crippen LogP contribution in [0.4, 0.5) is 0 Å². The SMILES string of the molecule is c1ccc(CN2CC3CCC(NCCC4CCCO4)C3C2)cc1. The summed E-state index contributed by atoms with van der Waals surface area (Å²) in [7, 11) is 0. The molecular formula is C20H30N2O. The summed E-state index contributed by atoms with van der Waals surface area (Å²) in [6.07, 6.45) is 7.03. The van der Waals surface area contributed by atoms with Gasteiger partial charge in [0.1, 0.15) is 0 Å². The third-order valence-electron chi connectivity index (χ3n) is 6.08. The number of ether oxygens (including phenoxy) is 1. The van der Waals surface area contributed by atoms with Gasteiger partial charge in [-0.05, 0) is 56.0 Å². The summed E-state index contributed by atoms with van der Waals surface area (Å²) in [6.45, 7) is 5.81. The molecule has 23 heavy (non-hydrogen) atoms. The zero-order valence-corrected chi connectivity index (χ0v) is 14.1. The smallest absolute Gasteiger partial charge is 0.0588 e. The zero-order chi connectivity index (χ0) is 15.5. The number of benzene rings is 1. The molecule has 2 heterocycles. The van der Waals surface area contributed by atoms with Crippen molar-refractivity contribution in [2.45, 2.75) is 50.8 Å². The molecule has 3 fully saturated rings. The first-order valence-electron chi connectivity index (χ1n) is 9.50. The van der Waals surface area contributed by atoms with E-state index in [2.05, 4.69) is 40.5 Å². The van der Waals surface area contributed by atoms with Gasteiger partial charge in [-0.3, -0.25) is 4.90 Å². The van der Waals surface area contributed by atoms with Gasteiger partial charge in [-0.25, -0.2) is 0 Å². The van der Waals surface area contributed by atoms with E-state index in [4.69, 9.17) is 4.74 Å². The second-order valence-corrected chi connectivity index (χ2v) is 7.67. The summed E-state index contributed by atoms with van der Waals surface area (Å²) in [5, 5.41) is 3.86. The standard InChI is InChI=1S/C20H30N2O/c1-2-5-16(6-3-1)13-22-14-17-8-9-20(19(17)15-22)21-11-10-18-7-4-12-23-18/h1-3,5-6,17-21H,4,7-15H2. The van der Waals surface area contributed by atoms with Crippen molar-refractivity contribution >= 4 is 0 Å². The maximum Gasteiger partial charge on any atom is 0.0588 e. The third kappa shape index (κ3) is 3.78. The minimum Gasteiger partial charge on any atom is -0.378 e. The number of hydrogen-bond donors (Lipinski definition) is 1. The Morgan fingerprint density at radius 1 is 1.09 bits per heavy atom. The van der Waals surface area contributed by atoms with Crippen molar-refractivity contribution in [2.75, 3.05) is 26.2 Å². The number of fused-ring (bicyclic) bond motifs is 1. The van der Waals surface area contributed by atoms with E-state index in [1.807, 2.05) is 0 Å². The number of nitrogens with zero attached hydrogens (tertiary/aromatic N) is 1. The summed E-state index contributed by atoms with van der Waals surface area (Å²) < 4.78 is 5.74. The highest BCUT2D eigenvalue weighted by Gasteiger charge is 2.42. The van der Waals surface area contributed by atoms with Gasteiger partial charge in [-0.2, -0.15) is 0 Å². The lowest BCUT2D eigenvalue weighted by atomic mass is 9.97. The fourth-order valence-corrected chi connectivity index (χ4v) is 4.88. The molecule has 0 amide bonds. The molecule has 1 saturated carbocycles. The van der Waals surface area contributed by atoms with E-state index in [1.54, 1.807) is 0 Å². The lowest BCUT2D eigenvalue weighted by Crippen LogP contribution is -2.37. The van der Waals surface area contributed by atoms with E-state index >= 15 is 0 Å². The van der Waals surface area contributed by atoms with Crippen LogP contribution in [0.1, 0.15) is 37.7 Å². The van der Waals surface area contributed by atoms with Crippen LogP contribution in [-0.2, 0) is 11.3 Å². The molecule has 4 rings (SSSR count). The normalized spacial score (nSPS) is 34.1. The van der Waals surface area contributed by atoms with Crippen LogP contribution in [0, 0.1) is 11.8 Å². The fourth-order valence-electron chi connectivity index (χ4n) is 4.88. The monoisotopic (exact) mass is 314 g/mol. The van der Waals surface area contributed by atoms with Crippen LogP contribution in [-0.4, -0.2) is 43.3 Å². The van der Waals surface area contributed by atoms with E-state index in [-0.39, 0.29) is 0 Å². The van der Waals surface area contributed by atoms with E-state index in [1.165, 1.54) is 50.8 Å². The highest BCUT2D eigenvalue weighted by atomic mass is 16.5. The summed E-state index contributed by atoms with van der Waals surface area (Å²) in [4.78, 5) is 2.67. The van der Waals surface area contributed by atoms with Gasteiger partial charge in [0.05, 0.1) is 6.10 Å². The molecule has 2 aliphatic heterocycles. The Bertz CT molecular complexity index is 486. The maximum atomic E-state index is 5.74. The Balaban J connectivity index is 1.24. The van der Waals surface area contributed by atoms with Crippen LogP contribution in [0.3, 0.4) is 0 Å². The molecule has 2 saturated heterocycles. The van der Waals surface area contributed by atoms with Crippen molar-refractivity contribution in [1.82, 2.24) is 10.2 Å². The Kier molecular flexibility index (Phi) is 4.98. The van der Waals surface area contributed by atoms with Crippen molar-refractivity contribution in [3.63, 3.8) is 0 Å². The zero-order valence-electron chi connectivity index (χ0n) is 14.1. The third-order valence-corrected chi connectivity index (χ3v) is 6.08. The number of rotatable bonds is 6. The van der Waals surface area contributed by atoms with Crippen LogP contribution in [0.2, 0.25) is 0 Å². The topological polar surface area (TPSA) is 24.5 Å². The molecular weight excluding hydrogens is 284 g/mol. The van der Waals surface area contributed by atoms with Crippen molar-refractivity contribution in [3.05, 3.63) is 35.9 Å². The molecule has 3 nitrogen and oxygen atoms in total. The second-order valence-electron chi connectivity index (χ2n) is 7.67. The minimum absolute atomic E-state index is 0.526. The van der Waals surface area contributed by atoms with Crippen LogP contribution in [0.5, 0.6) is 0 Å². The Morgan fingerprint density at radius 2 is 2.00 bits per heavy atom. The average molecular weight is 314 g/mol. The minimum atomic E-state index is 0.526. The van der Waals surface area contributed by atoms with Gasteiger partial charge in [0.15, 0.2) is 0 Å². The number of hydrogen-bond acceptors (Lipinski definition) is 3. The summed E-state index contributed by atoms with van der Waals surface area (Å²) in [5.41, 5.74) is 1.45. The van der Waals surface area contributed by atoms with Gasteiger partial charge in [-0.15, -0.1) is 0 Å². The van der Waals surface area contributed by atoms with E-state index in [0.717, 1.165) is 37.6 Å². The molecule has 4 unspecified atom stereocenters. The largest absolute Gasteiger partial charge is 0.378 e. The maximum absolute atomic E-state index is 5.74. The Morgan fingerprint density at radius 3 is 2.83 bits per heavy atom. The summed E-state index contributed by atoms with van der Waals surface area (Å²) in [6, 6.07) is 11.7. The molecule has 0 spiro atoms. The quantitative estimate of drug-likeness (QED) is 0.873. The van der Waals surface area contributed by atoms with E-state index in [9.17, 15) is 0 Å². The van der Waals surface area contributed by atoms with Crippen LogP contribution in [0.15, 0.2) is 30.3 Å². The molecule has 1 aromatic carbocycles. The van der Waals surface area contributed by atoms with Gasteiger partial charge in [0, 0.05) is 32.3 Å². The molecule has 4 atom stereocenters. The Labute approximate surface area is 140 Å². The molecule has 126 valence electrons. The Hall–Kier alpha value is -0.900. The molecule has 3 aliphatic rings. The van der Waals surface area contributed by atoms with Gasteiger partial charge >= 0.3 is 0 Å². The predicted octanol–water partition coefficient (Wildman–Crippen LogP) is 3.06. The highest BCUT2D eigenvalue weighted by Crippen LogP contribution is 2.38. The lowest BCUT2D eigenvalue weighted by Gasteiger charge is -2.22. The summed E-state index contributed by atoms with van der Waals surface area (Å²) in [5.74, 6) is 1.78. The summed E-state index contributed by atoms with van der Waals surface area (Å²) >= 11 is 0. The molecule has 0 bridgehead atoms. The first-order valence-corrected chi connectivity index (χ1v) is 9.50. The first kappa shape index (κ1) is 15.6. The van der Waals surface area contributed by atoms with Crippen LogP contribution < -0.4 is 5.32 Å². The molecule has 1 N–H and O–H groups in total. The van der Waals surface area contributed by atoms with Crippen molar-refractivity contribution in [3.8, 4) is 0 Å². The molecule has 0 aromatic heterocycles.